The number of aromatic amines is 1. The van der Waals surface area contributed by atoms with Gasteiger partial charge in [0.1, 0.15) is 11.3 Å². The Hall–Kier alpha value is -3.86. The third-order valence-corrected chi connectivity index (χ3v) is 4.71. The molecule has 4 rings (SSSR count). The van der Waals surface area contributed by atoms with Gasteiger partial charge in [0.25, 0.3) is 0 Å². The molecule has 1 aromatic heterocycles. The number of fused-ring (bicyclic) bond motifs is 1. The van der Waals surface area contributed by atoms with Crippen LogP contribution in [-0.4, -0.2) is 30.5 Å². The van der Waals surface area contributed by atoms with E-state index in [-0.39, 0.29) is 18.0 Å². The van der Waals surface area contributed by atoms with Gasteiger partial charge in [0.05, 0.1) is 18.4 Å². The van der Waals surface area contributed by atoms with Gasteiger partial charge in [-0.25, -0.2) is 4.79 Å². The van der Waals surface area contributed by atoms with E-state index in [1.165, 1.54) is 7.11 Å². The maximum atomic E-state index is 13.1. The molecule has 3 aromatic carbocycles. The van der Waals surface area contributed by atoms with E-state index in [1.807, 2.05) is 54.6 Å². The van der Waals surface area contributed by atoms with Crippen LogP contribution in [0.15, 0.2) is 78.9 Å². The summed E-state index contributed by atoms with van der Waals surface area (Å²) < 4.78 is 10.5. The van der Waals surface area contributed by atoms with Crippen molar-refractivity contribution in [3.8, 4) is 17.0 Å². The molecule has 0 spiro atoms. The van der Waals surface area contributed by atoms with E-state index >= 15 is 0 Å². The summed E-state index contributed by atoms with van der Waals surface area (Å²) >= 11 is 0. The van der Waals surface area contributed by atoms with E-state index in [1.54, 1.807) is 24.3 Å². The molecule has 5 heteroatoms. The maximum absolute atomic E-state index is 13.1. The van der Waals surface area contributed by atoms with Crippen LogP contribution < -0.4 is 4.74 Å². The first kappa shape index (κ1) is 18.5. The lowest BCUT2D eigenvalue weighted by Crippen LogP contribution is -2.15. The zero-order chi connectivity index (χ0) is 20.2. The number of ether oxygens (including phenoxy) is 2. The number of benzene rings is 3. The molecule has 1 N–H and O–H groups in total. The third kappa shape index (κ3) is 3.62. The molecular formula is C24H19NO4. The molecule has 0 unspecified atom stereocenters. The number of hydrogen-bond acceptors (Lipinski definition) is 4. The Labute approximate surface area is 167 Å². The van der Waals surface area contributed by atoms with Crippen molar-refractivity contribution < 1.29 is 19.1 Å². The summed E-state index contributed by atoms with van der Waals surface area (Å²) in [5.74, 6) is -0.469. The summed E-state index contributed by atoms with van der Waals surface area (Å²) in [6.45, 7) is -0.363. The topological polar surface area (TPSA) is 68.4 Å². The number of para-hydroxylation sites is 2. The van der Waals surface area contributed by atoms with E-state index in [2.05, 4.69) is 4.98 Å². The molecule has 4 aromatic rings. The first-order valence-electron chi connectivity index (χ1n) is 9.18. The summed E-state index contributed by atoms with van der Waals surface area (Å²) in [7, 11) is 1.48. The van der Waals surface area contributed by atoms with Gasteiger partial charge in [-0.3, -0.25) is 4.79 Å². The number of aromatic nitrogens is 1. The lowest BCUT2D eigenvalue weighted by atomic mass is 10.0. The number of Topliss-reactive ketones (excluding diaryl/α,β-unsaturated/α-hetero) is 1. The molecule has 0 atom stereocenters. The standard InChI is InChI=1S/C24H19NO4/c1-28-21-14-8-6-12-18(21)24(27)29-15-20(26)22-17-11-5-7-13-19(17)25-23(22)16-9-3-2-4-10-16/h2-14,25H,15H2,1H3. The summed E-state index contributed by atoms with van der Waals surface area (Å²) in [4.78, 5) is 28.8. The zero-order valence-corrected chi connectivity index (χ0v) is 15.8. The number of carbonyl (C=O) groups excluding carboxylic acids is 2. The molecule has 0 saturated heterocycles. The third-order valence-electron chi connectivity index (χ3n) is 4.71. The maximum Gasteiger partial charge on any atom is 0.342 e. The van der Waals surface area contributed by atoms with Gasteiger partial charge >= 0.3 is 5.97 Å². The average Bonchev–Trinajstić information content (AvgIpc) is 3.17. The predicted molar refractivity (Wildman–Crippen MR) is 111 cm³/mol. The molecule has 5 nitrogen and oxygen atoms in total. The Bertz CT molecular complexity index is 1180. The quantitative estimate of drug-likeness (QED) is 0.379. The molecule has 144 valence electrons. The van der Waals surface area contributed by atoms with Crippen molar-refractivity contribution >= 4 is 22.7 Å². The van der Waals surface area contributed by atoms with Gasteiger partial charge in [-0.2, -0.15) is 0 Å². The fourth-order valence-corrected chi connectivity index (χ4v) is 3.35. The number of esters is 1. The second-order valence-electron chi connectivity index (χ2n) is 6.49. The van der Waals surface area contributed by atoms with Gasteiger partial charge in [0.15, 0.2) is 6.61 Å². The van der Waals surface area contributed by atoms with Crippen LogP contribution in [0, 0.1) is 0 Å². The molecule has 0 bridgehead atoms. The van der Waals surface area contributed by atoms with Crippen LogP contribution in [0.4, 0.5) is 0 Å². The molecule has 0 aliphatic carbocycles. The molecule has 1 heterocycles. The Morgan fingerprint density at radius 3 is 2.34 bits per heavy atom. The first-order valence-corrected chi connectivity index (χ1v) is 9.18. The van der Waals surface area contributed by atoms with E-state index in [0.29, 0.717) is 17.0 Å². The number of rotatable bonds is 6. The Balaban J connectivity index is 1.64. The number of carbonyl (C=O) groups is 2. The van der Waals surface area contributed by atoms with Crippen molar-refractivity contribution in [3.63, 3.8) is 0 Å². The summed E-state index contributed by atoms with van der Waals surface area (Å²) in [5.41, 5.74) is 3.25. The van der Waals surface area contributed by atoms with E-state index in [4.69, 9.17) is 9.47 Å². The van der Waals surface area contributed by atoms with E-state index in [9.17, 15) is 9.59 Å². The highest BCUT2D eigenvalue weighted by Crippen LogP contribution is 2.31. The number of hydrogen-bond donors (Lipinski definition) is 1. The summed E-state index contributed by atoms with van der Waals surface area (Å²) in [6, 6.07) is 23.9. The van der Waals surface area contributed by atoms with Crippen molar-refractivity contribution in [2.24, 2.45) is 0 Å². The van der Waals surface area contributed by atoms with Gasteiger partial charge in [0.2, 0.25) is 5.78 Å². The molecular weight excluding hydrogens is 366 g/mol. The van der Waals surface area contributed by atoms with E-state index in [0.717, 1.165) is 16.5 Å². The van der Waals surface area contributed by atoms with Crippen LogP contribution in [0.5, 0.6) is 5.75 Å². The van der Waals surface area contributed by atoms with Crippen LogP contribution in [0.1, 0.15) is 20.7 Å². The number of methoxy groups -OCH3 is 1. The van der Waals surface area contributed by atoms with Gasteiger partial charge in [-0.15, -0.1) is 0 Å². The Morgan fingerprint density at radius 2 is 1.55 bits per heavy atom. The summed E-state index contributed by atoms with van der Waals surface area (Å²) in [6.07, 6.45) is 0. The highest BCUT2D eigenvalue weighted by atomic mass is 16.5. The van der Waals surface area contributed by atoms with Crippen LogP contribution in [0.25, 0.3) is 22.2 Å². The monoisotopic (exact) mass is 385 g/mol. The minimum Gasteiger partial charge on any atom is -0.496 e. The van der Waals surface area contributed by atoms with Crippen molar-refractivity contribution in [1.82, 2.24) is 4.98 Å². The number of ketones is 1. The minimum absolute atomic E-state index is 0.274. The molecule has 0 amide bonds. The second kappa shape index (κ2) is 8.02. The molecule has 29 heavy (non-hydrogen) atoms. The van der Waals surface area contributed by atoms with Crippen LogP contribution in [0.2, 0.25) is 0 Å². The van der Waals surface area contributed by atoms with Gasteiger partial charge < -0.3 is 14.5 Å². The number of nitrogens with one attached hydrogen (secondary N) is 1. The van der Waals surface area contributed by atoms with Crippen LogP contribution in [0.3, 0.4) is 0 Å². The Morgan fingerprint density at radius 1 is 0.862 bits per heavy atom. The second-order valence-corrected chi connectivity index (χ2v) is 6.49. The lowest BCUT2D eigenvalue weighted by molar-refractivity contribution is 0.0472. The van der Waals surface area contributed by atoms with Crippen molar-refractivity contribution in [2.75, 3.05) is 13.7 Å². The first-order chi connectivity index (χ1) is 14.2. The minimum atomic E-state index is -0.600. The zero-order valence-electron chi connectivity index (χ0n) is 15.8. The Kier molecular flexibility index (Phi) is 5.12. The molecule has 0 aliphatic heterocycles. The number of H-pyrrole nitrogens is 1. The fraction of sp³-hybridized carbons (Fsp3) is 0.0833. The van der Waals surface area contributed by atoms with Crippen molar-refractivity contribution in [2.45, 2.75) is 0 Å². The van der Waals surface area contributed by atoms with Crippen LogP contribution in [-0.2, 0) is 4.74 Å². The van der Waals surface area contributed by atoms with Gasteiger partial charge in [-0.1, -0.05) is 60.7 Å². The van der Waals surface area contributed by atoms with Crippen LogP contribution >= 0.6 is 0 Å². The van der Waals surface area contributed by atoms with E-state index < -0.39 is 5.97 Å². The summed E-state index contributed by atoms with van der Waals surface area (Å²) in [5, 5.41) is 0.796. The average molecular weight is 385 g/mol. The molecule has 0 fully saturated rings. The SMILES string of the molecule is COc1ccccc1C(=O)OCC(=O)c1c(-c2ccccc2)[nH]c2ccccc12. The fourth-order valence-electron chi connectivity index (χ4n) is 3.35. The molecule has 0 radical (unpaired) electrons. The predicted octanol–water partition coefficient (Wildman–Crippen LogP) is 4.88. The van der Waals surface area contributed by atoms with Gasteiger partial charge in [-0.05, 0) is 23.8 Å². The van der Waals surface area contributed by atoms with Gasteiger partial charge in [0, 0.05) is 10.9 Å². The normalized spacial score (nSPS) is 10.7. The lowest BCUT2D eigenvalue weighted by Gasteiger charge is -2.09. The highest BCUT2D eigenvalue weighted by molar-refractivity contribution is 6.14. The molecule has 0 aliphatic rings. The highest BCUT2D eigenvalue weighted by Gasteiger charge is 2.21. The largest absolute Gasteiger partial charge is 0.496 e. The molecule has 0 saturated carbocycles. The van der Waals surface area contributed by atoms with Crippen molar-refractivity contribution in [1.29, 1.82) is 0 Å². The smallest absolute Gasteiger partial charge is 0.342 e. The van der Waals surface area contributed by atoms with Crippen molar-refractivity contribution in [3.05, 3.63) is 90.0 Å².